The van der Waals surface area contributed by atoms with Crippen molar-refractivity contribution in [1.29, 1.82) is 0 Å². The number of hydrogen-bond donors (Lipinski definition) is 1. The van der Waals surface area contributed by atoms with E-state index in [0.29, 0.717) is 0 Å². The summed E-state index contributed by atoms with van der Waals surface area (Å²) in [4.78, 5) is 1.03. The van der Waals surface area contributed by atoms with Crippen molar-refractivity contribution in [3.05, 3.63) is 20.8 Å². The Morgan fingerprint density at radius 1 is 1.75 bits per heavy atom. The molecule has 0 bridgehead atoms. The Bertz CT molecular complexity index is 311. The first-order valence-corrected chi connectivity index (χ1v) is 4.83. The fourth-order valence-electron chi connectivity index (χ4n) is 0.935. The quantitative estimate of drug-likeness (QED) is 0.723. The molecule has 0 aliphatic heterocycles. The maximum atomic E-state index is 6.04. The van der Waals surface area contributed by atoms with Crippen LogP contribution in [0.15, 0.2) is 5.38 Å². The molecule has 0 fully saturated rings. The third-order valence-electron chi connectivity index (χ3n) is 1.64. The largest absolute Gasteiger partial charge is 0.302 e. The van der Waals surface area contributed by atoms with Crippen molar-refractivity contribution < 1.29 is 0 Å². The molecule has 0 saturated carbocycles. The van der Waals surface area contributed by atoms with Gasteiger partial charge in [-0.2, -0.15) is 0 Å². The molecule has 0 amide bonds. The zero-order valence-corrected chi connectivity index (χ0v) is 8.59. The van der Waals surface area contributed by atoms with Gasteiger partial charge in [0.25, 0.3) is 0 Å². The SMILES string of the molecule is C#CC(NC)c1scc(C)c1Cl. The highest BCUT2D eigenvalue weighted by Gasteiger charge is 2.13. The molecule has 0 aliphatic carbocycles. The number of hydrogen-bond acceptors (Lipinski definition) is 2. The van der Waals surface area contributed by atoms with Crippen LogP contribution in [-0.4, -0.2) is 7.05 Å². The minimum atomic E-state index is -0.0591. The first-order chi connectivity index (χ1) is 5.70. The lowest BCUT2D eigenvalue weighted by atomic mass is 10.2. The van der Waals surface area contributed by atoms with E-state index in [9.17, 15) is 0 Å². The highest BCUT2D eigenvalue weighted by molar-refractivity contribution is 7.10. The van der Waals surface area contributed by atoms with Gasteiger partial charge in [0.15, 0.2) is 0 Å². The van der Waals surface area contributed by atoms with E-state index < -0.39 is 0 Å². The minimum absolute atomic E-state index is 0.0591. The zero-order valence-electron chi connectivity index (χ0n) is 7.02. The van der Waals surface area contributed by atoms with Crippen LogP contribution in [0.5, 0.6) is 0 Å². The molecule has 1 heterocycles. The Kier molecular flexibility index (Phi) is 3.16. The summed E-state index contributed by atoms with van der Waals surface area (Å²) in [5.74, 6) is 2.64. The van der Waals surface area contributed by atoms with E-state index in [0.717, 1.165) is 15.5 Å². The van der Waals surface area contributed by atoms with E-state index in [1.54, 1.807) is 11.3 Å². The van der Waals surface area contributed by atoms with Crippen molar-refractivity contribution in [1.82, 2.24) is 5.32 Å². The maximum Gasteiger partial charge on any atom is 0.105 e. The van der Waals surface area contributed by atoms with Gasteiger partial charge >= 0.3 is 0 Å². The summed E-state index contributed by atoms with van der Waals surface area (Å²) in [6.45, 7) is 1.98. The minimum Gasteiger partial charge on any atom is -0.302 e. The number of halogens is 1. The number of aryl methyl sites for hydroxylation is 1. The fourth-order valence-corrected chi connectivity index (χ4v) is 2.30. The van der Waals surface area contributed by atoms with Gasteiger partial charge in [0.2, 0.25) is 0 Å². The average Bonchev–Trinajstić information content (AvgIpc) is 2.38. The van der Waals surface area contributed by atoms with Gasteiger partial charge in [-0.25, -0.2) is 0 Å². The normalized spacial score (nSPS) is 12.5. The van der Waals surface area contributed by atoms with Crippen molar-refractivity contribution in [2.24, 2.45) is 0 Å². The van der Waals surface area contributed by atoms with Gasteiger partial charge in [-0.3, -0.25) is 0 Å². The fraction of sp³-hybridized carbons (Fsp3) is 0.333. The molecular weight excluding hydrogens is 190 g/mol. The lowest BCUT2D eigenvalue weighted by Crippen LogP contribution is -2.12. The Morgan fingerprint density at radius 2 is 2.42 bits per heavy atom. The summed E-state index contributed by atoms with van der Waals surface area (Å²) in [7, 11) is 1.83. The van der Waals surface area contributed by atoms with Gasteiger partial charge in [0.1, 0.15) is 6.04 Å². The molecule has 1 atom stereocenters. The summed E-state index contributed by atoms with van der Waals surface area (Å²) >= 11 is 7.63. The maximum absolute atomic E-state index is 6.04. The molecule has 1 aromatic heterocycles. The van der Waals surface area contributed by atoms with Crippen LogP contribution in [0.25, 0.3) is 0 Å². The molecule has 0 aliphatic rings. The second-order valence-corrected chi connectivity index (χ2v) is 3.77. The van der Waals surface area contributed by atoms with Gasteiger partial charge in [0, 0.05) is 0 Å². The van der Waals surface area contributed by atoms with E-state index >= 15 is 0 Å². The second-order valence-electron chi connectivity index (χ2n) is 2.49. The van der Waals surface area contributed by atoms with Crippen molar-refractivity contribution >= 4 is 22.9 Å². The van der Waals surface area contributed by atoms with Gasteiger partial charge in [-0.05, 0) is 24.9 Å². The number of rotatable bonds is 2. The first-order valence-electron chi connectivity index (χ1n) is 3.57. The molecule has 0 saturated heterocycles. The van der Waals surface area contributed by atoms with Crippen LogP contribution in [0.2, 0.25) is 5.02 Å². The number of thiophene rings is 1. The van der Waals surface area contributed by atoms with E-state index in [1.165, 1.54) is 0 Å². The Morgan fingerprint density at radius 3 is 2.75 bits per heavy atom. The molecule has 1 unspecified atom stereocenters. The molecule has 0 aromatic carbocycles. The van der Waals surface area contributed by atoms with Gasteiger partial charge in [0.05, 0.1) is 9.90 Å². The molecule has 0 spiro atoms. The third-order valence-corrected chi connectivity index (χ3v) is 3.42. The Balaban J connectivity index is 3.03. The predicted molar refractivity (Wildman–Crippen MR) is 54.7 cm³/mol. The topological polar surface area (TPSA) is 12.0 Å². The molecule has 3 heteroatoms. The number of nitrogens with one attached hydrogen (secondary N) is 1. The highest BCUT2D eigenvalue weighted by atomic mass is 35.5. The average molecular weight is 200 g/mol. The van der Waals surface area contributed by atoms with Crippen molar-refractivity contribution in [2.45, 2.75) is 13.0 Å². The molecule has 1 aromatic rings. The molecule has 1 nitrogen and oxygen atoms in total. The molecule has 1 N–H and O–H groups in total. The summed E-state index contributed by atoms with van der Waals surface area (Å²) in [5.41, 5.74) is 1.09. The third kappa shape index (κ3) is 1.64. The zero-order chi connectivity index (χ0) is 9.14. The monoisotopic (exact) mass is 199 g/mol. The van der Waals surface area contributed by atoms with E-state index in [4.69, 9.17) is 18.0 Å². The summed E-state index contributed by atoms with van der Waals surface area (Å²) in [5, 5.41) is 5.81. The lowest BCUT2D eigenvalue weighted by molar-refractivity contribution is 0.749. The van der Waals surface area contributed by atoms with Gasteiger partial charge in [-0.1, -0.05) is 17.5 Å². The summed E-state index contributed by atoms with van der Waals surface area (Å²) < 4.78 is 0. The van der Waals surface area contributed by atoms with Crippen LogP contribution in [0.4, 0.5) is 0 Å². The smallest absolute Gasteiger partial charge is 0.105 e. The van der Waals surface area contributed by atoms with Crippen LogP contribution in [0.1, 0.15) is 16.5 Å². The summed E-state index contributed by atoms with van der Waals surface area (Å²) in [6, 6.07) is -0.0591. The molecule has 0 radical (unpaired) electrons. The molecule has 64 valence electrons. The van der Waals surface area contributed by atoms with Gasteiger partial charge in [-0.15, -0.1) is 17.8 Å². The van der Waals surface area contributed by atoms with Crippen LogP contribution in [-0.2, 0) is 0 Å². The summed E-state index contributed by atoms with van der Waals surface area (Å²) in [6.07, 6.45) is 5.33. The lowest BCUT2D eigenvalue weighted by Gasteiger charge is -2.06. The van der Waals surface area contributed by atoms with Gasteiger partial charge < -0.3 is 5.32 Å². The first kappa shape index (κ1) is 9.60. The van der Waals surface area contributed by atoms with Crippen molar-refractivity contribution in [3.8, 4) is 12.3 Å². The standard InChI is InChI=1S/C9H10ClNS/c1-4-7(11-3)9-8(10)6(2)5-12-9/h1,5,7,11H,2-3H3. The van der Waals surface area contributed by atoms with Crippen LogP contribution < -0.4 is 5.32 Å². The highest BCUT2D eigenvalue weighted by Crippen LogP contribution is 2.31. The number of terminal acetylenes is 1. The molecule has 12 heavy (non-hydrogen) atoms. The van der Waals surface area contributed by atoms with E-state index in [-0.39, 0.29) is 6.04 Å². The van der Waals surface area contributed by atoms with Crippen molar-refractivity contribution in [2.75, 3.05) is 7.05 Å². The Labute approximate surface area is 81.7 Å². The second kappa shape index (κ2) is 3.95. The molecular formula is C9H10ClNS. The molecule has 1 rings (SSSR count). The van der Waals surface area contributed by atoms with Crippen LogP contribution >= 0.6 is 22.9 Å². The van der Waals surface area contributed by atoms with E-state index in [1.807, 2.05) is 19.4 Å². The Hall–Kier alpha value is -0.490. The van der Waals surface area contributed by atoms with Crippen LogP contribution in [0, 0.1) is 19.3 Å². The van der Waals surface area contributed by atoms with Crippen LogP contribution in [0.3, 0.4) is 0 Å². The van der Waals surface area contributed by atoms with Crippen molar-refractivity contribution in [3.63, 3.8) is 0 Å². The van der Waals surface area contributed by atoms with E-state index in [2.05, 4.69) is 11.2 Å². The predicted octanol–water partition coefficient (Wildman–Crippen LogP) is 2.60.